The smallest absolute Gasteiger partial charge is 0.251 e. The highest BCUT2D eigenvalue weighted by molar-refractivity contribution is 5.94. The molecule has 1 heterocycles. The van der Waals surface area contributed by atoms with E-state index in [4.69, 9.17) is 4.74 Å². The van der Waals surface area contributed by atoms with E-state index in [9.17, 15) is 9.18 Å². The molecule has 4 nitrogen and oxygen atoms in total. The summed E-state index contributed by atoms with van der Waals surface area (Å²) in [6.07, 6.45) is 2.89. The monoisotopic (exact) mass is 438 g/mol. The van der Waals surface area contributed by atoms with Crippen molar-refractivity contribution in [2.75, 3.05) is 13.1 Å². The zero-order valence-corrected chi connectivity index (χ0v) is 19.7. The number of halogens is 1. The number of piperidine rings is 1. The van der Waals surface area contributed by atoms with Crippen molar-refractivity contribution in [3.63, 3.8) is 0 Å². The number of aryl methyl sites for hydroxylation is 1. The van der Waals surface area contributed by atoms with E-state index in [1.165, 1.54) is 6.07 Å². The molecular weight excluding hydrogens is 403 g/mol. The van der Waals surface area contributed by atoms with E-state index in [1.54, 1.807) is 19.1 Å². The first kappa shape index (κ1) is 23.8. The molecule has 1 N–H and O–H groups in total. The average molecular weight is 439 g/mol. The molecule has 2 aromatic rings. The molecule has 1 aliphatic rings. The Morgan fingerprint density at radius 2 is 1.84 bits per heavy atom. The molecule has 1 fully saturated rings. The Morgan fingerprint density at radius 3 is 2.44 bits per heavy atom. The van der Waals surface area contributed by atoms with Crippen LogP contribution in [0.3, 0.4) is 0 Å². The quantitative estimate of drug-likeness (QED) is 0.540. The minimum Gasteiger partial charge on any atom is -0.474 e. The second-order valence-electron chi connectivity index (χ2n) is 9.67. The van der Waals surface area contributed by atoms with Gasteiger partial charge in [-0.3, -0.25) is 4.79 Å². The highest BCUT2D eigenvalue weighted by Gasteiger charge is 2.27. The normalized spacial score (nSPS) is 15.8. The van der Waals surface area contributed by atoms with Crippen LogP contribution in [0.1, 0.15) is 67.6 Å². The first-order valence-electron chi connectivity index (χ1n) is 11.4. The molecule has 172 valence electrons. The Balaban J connectivity index is 1.65. The summed E-state index contributed by atoms with van der Waals surface area (Å²) in [5.74, 6) is 0.737. The van der Waals surface area contributed by atoms with Crippen LogP contribution in [-0.4, -0.2) is 29.5 Å². The molecule has 0 aromatic heterocycles. The number of amides is 1. The zero-order valence-electron chi connectivity index (χ0n) is 19.7. The van der Waals surface area contributed by atoms with Crippen molar-refractivity contribution >= 4 is 5.91 Å². The first-order valence-corrected chi connectivity index (χ1v) is 11.4. The number of benzene rings is 2. The summed E-state index contributed by atoms with van der Waals surface area (Å²) in [6, 6.07) is 14.5. The van der Waals surface area contributed by atoms with Crippen LogP contribution in [0.4, 0.5) is 4.39 Å². The highest BCUT2D eigenvalue weighted by atomic mass is 19.1. The van der Waals surface area contributed by atoms with E-state index in [2.05, 4.69) is 28.9 Å². The lowest BCUT2D eigenvalue weighted by Crippen LogP contribution is -2.37. The molecule has 3 rings (SSSR count). The van der Waals surface area contributed by atoms with E-state index in [0.29, 0.717) is 17.0 Å². The molecule has 1 amide bonds. The molecule has 1 atom stereocenters. The van der Waals surface area contributed by atoms with Crippen LogP contribution in [0.2, 0.25) is 0 Å². The molecule has 0 radical (unpaired) electrons. The predicted molar refractivity (Wildman–Crippen MR) is 127 cm³/mol. The fourth-order valence-electron chi connectivity index (χ4n) is 4.16. The van der Waals surface area contributed by atoms with Gasteiger partial charge in [0.05, 0.1) is 6.04 Å². The van der Waals surface area contributed by atoms with Crippen molar-refractivity contribution in [2.24, 2.45) is 5.92 Å². The standard InChI is InChI=1S/C27H35FN2O2/c1-19-17-23(11-12-24(19)28)26(31)29-25(22-9-7-6-8-10-22)18-21-13-15-30(16-14-21)20(2)32-27(3,4)5/h6-12,17,21,25H,2,13-16,18H2,1,3-5H3,(H,29,31). The van der Waals surface area contributed by atoms with Crippen molar-refractivity contribution < 1.29 is 13.9 Å². The van der Waals surface area contributed by atoms with Gasteiger partial charge in [0, 0.05) is 18.7 Å². The lowest BCUT2D eigenvalue weighted by molar-refractivity contribution is -0.00611. The maximum atomic E-state index is 13.6. The van der Waals surface area contributed by atoms with Gasteiger partial charge in [-0.2, -0.15) is 0 Å². The molecule has 5 heteroatoms. The van der Waals surface area contributed by atoms with E-state index in [-0.39, 0.29) is 23.4 Å². The predicted octanol–water partition coefficient (Wildman–Crippen LogP) is 5.99. The number of carbonyl (C=O) groups excluding carboxylic acids is 1. The summed E-state index contributed by atoms with van der Waals surface area (Å²) in [6.45, 7) is 13.7. The highest BCUT2D eigenvalue weighted by Crippen LogP contribution is 2.30. The van der Waals surface area contributed by atoms with Crippen LogP contribution >= 0.6 is 0 Å². The number of likely N-dealkylation sites (tertiary alicyclic amines) is 1. The Kier molecular flexibility index (Phi) is 7.60. The molecule has 2 aromatic carbocycles. The molecule has 0 aliphatic carbocycles. The second kappa shape index (κ2) is 10.2. The van der Waals surface area contributed by atoms with Gasteiger partial charge >= 0.3 is 0 Å². The summed E-state index contributed by atoms with van der Waals surface area (Å²) in [7, 11) is 0. The Hall–Kier alpha value is -2.82. The van der Waals surface area contributed by atoms with Gasteiger partial charge in [0.1, 0.15) is 11.4 Å². The fourth-order valence-corrected chi connectivity index (χ4v) is 4.16. The van der Waals surface area contributed by atoms with Crippen LogP contribution in [0, 0.1) is 18.7 Å². The average Bonchev–Trinajstić information content (AvgIpc) is 2.75. The molecular formula is C27H35FN2O2. The largest absolute Gasteiger partial charge is 0.474 e. The minimum atomic E-state index is -0.301. The Morgan fingerprint density at radius 1 is 1.19 bits per heavy atom. The maximum Gasteiger partial charge on any atom is 0.251 e. The van der Waals surface area contributed by atoms with Gasteiger partial charge in [-0.15, -0.1) is 0 Å². The topological polar surface area (TPSA) is 41.6 Å². The van der Waals surface area contributed by atoms with E-state index >= 15 is 0 Å². The zero-order chi connectivity index (χ0) is 23.3. The fraction of sp³-hybridized carbons (Fsp3) is 0.444. The van der Waals surface area contributed by atoms with Crippen LogP contribution in [0.5, 0.6) is 0 Å². The molecule has 1 aliphatic heterocycles. The third-order valence-corrected chi connectivity index (χ3v) is 5.89. The number of rotatable bonds is 7. The van der Waals surface area contributed by atoms with Gasteiger partial charge in [-0.05, 0) is 88.8 Å². The SMILES string of the molecule is C=C(OC(C)(C)C)N1CCC(CC(NC(=O)c2ccc(F)c(C)c2)c2ccccc2)CC1. The molecule has 1 unspecified atom stereocenters. The maximum absolute atomic E-state index is 13.6. The third kappa shape index (κ3) is 6.59. The number of hydrogen-bond donors (Lipinski definition) is 1. The summed E-state index contributed by atoms with van der Waals surface area (Å²) in [4.78, 5) is 15.1. The molecule has 1 saturated heterocycles. The van der Waals surface area contributed by atoms with Crippen molar-refractivity contribution in [2.45, 2.75) is 58.6 Å². The first-order chi connectivity index (χ1) is 15.1. The summed E-state index contributed by atoms with van der Waals surface area (Å²) >= 11 is 0. The number of hydrogen-bond acceptors (Lipinski definition) is 3. The van der Waals surface area contributed by atoms with Gasteiger partial charge in [0.2, 0.25) is 0 Å². The Bertz CT molecular complexity index is 928. The van der Waals surface area contributed by atoms with Crippen molar-refractivity contribution in [1.29, 1.82) is 0 Å². The number of carbonyl (C=O) groups is 1. The van der Waals surface area contributed by atoms with Crippen LogP contribution in [0.25, 0.3) is 0 Å². The molecule has 0 saturated carbocycles. The number of nitrogens with one attached hydrogen (secondary N) is 1. The lowest BCUT2D eigenvalue weighted by Gasteiger charge is -2.37. The van der Waals surface area contributed by atoms with E-state index in [0.717, 1.165) is 43.8 Å². The van der Waals surface area contributed by atoms with Gasteiger partial charge in [0.25, 0.3) is 5.91 Å². The van der Waals surface area contributed by atoms with Crippen LogP contribution in [-0.2, 0) is 4.74 Å². The van der Waals surface area contributed by atoms with E-state index in [1.807, 2.05) is 39.0 Å². The Labute approximate surface area is 191 Å². The van der Waals surface area contributed by atoms with Crippen LogP contribution in [0.15, 0.2) is 61.0 Å². The minimum absolute atomic E-state index is 0.0976. The summed E-state index contributed by atoms with van der Waals surface area (Å²) < 4.78 is 19.6. The van der Waals surface area contributed by atoms with Crippen molar-refractivity contribution in [3.8, 4) is 0 Å². The van der Waals surface area contributed by atoms with Gasteiger partial charge in [0.15, 0.2) is 5.88 Å². The second-order valence-corrected chi connectivity index (χ2v) is 9.67. The molecule has 0 spiro atoms. The van der Waals surface area contributed by atoms with Gasteiger partial charge in [-0.25, -0.2) is 4.39 Å². The van der Waals surface area contributed by atoms with Crippen LogP contribution < -0.4 is 5.32 Å². The van der Waals surface area contributed by atoms with Gasteiger partial charge < -0.3 is 15.0 Å². The molecule has 0 bridgehead atoms. The number of nitrogens with zero attached hydrogens (tertiary/aromatic N) is 1. The van der Waals surface area contributed by atoms with Crippen molar-refractivity contribution in [1.82, 2.24) is 10.2 Å². The summed E-state index contributed by atoms with van der Waals surface area (Å²) in [5.41, 5.74) is 1.78. The lowest BCUT2D eigenvalue weighted by atomic mass is 9.87. The summed E-state index contributed by atoms with van der Waals surface area (Å²) in [5, 5.41) is 3.19. The van der Waals surface area contributed by atoms with Crippen molar-refractivity contribution in [3.05, 3.63) is 83.5 Å². The third-order valence-electron chi connectivity index (χ3n) is 5.89. The molecule has 32 heavy (non-hydrogen) atoms. The van der Waals surface area contributed by atoms with E-state index < -0.39 is 0 Å². The van der Waals surface area contributed by atoms with Gasteiger partial charge in [-0.1, -0.05) is 30.3 Å². The number of ether oxygens (including phenoxy) is 1.